The van der Waals surface area contributed by atoms with Crippen LogP contribution in [0, 0.1) is 0 Å². The van der Waals surface area contributed by atoms with E-state index in [0.717, 1.165) is 19.5 Å². The molecule has 4 nitrogen and oxygen atoms in total. The topological polar surface area (TPSA) is 62.4 Å². The monoisotopic (exact) mass is 237 g/mol. The molecular weight excluding hydrogens is 214 g/mol. The van der Waals surface area contributed by atoms with Crippen LogP contribution in [0.3, 0.4) is 0 Å². The van der Waals surface area contributed by atoms with Crippen molar-refractivity contribution in [1.29, 1.82) is 0 Å². The summed E-state index contributed by atoms with van der Waals surface area (Å²) in [6, 6.07) is 4.06. The molecule has 96 valence electrons. The van der Waals surface area contributed by atoms with Crippen molar-refractivity contribution in [1.82, 2.24) is 9.88 Å². The van der Waals surface area contributed by atoms with E-state index in [0.29, 0.717) is 13.0 Å². The number of aromatic nitrogens is 1. The molecular formula is C13H23N3O. The van der Waals surface area contributed by atoms with E-state index >= 15 is 0 Å². The molecule has 1 unspecified atom stereocenters. The first kappa shape index (κ1) is 14.1. The van der Waals surface area contributed by atoms with E-state index in [2.05, 4.69) is 16.9 Å². The van der Waals surface area contributed by atoms with Gasteiger partial charge in [-0.2, -0.15) is 0 Å². The van der Waals surface area contributed by atoms with E-state index in [1.54, 1.807) is 6.92 Å². The first-order valence-electron chi connectivity index (χ1n) is 6.03. The Morgan fingerprint density at radius 3 is 2.59 bits per heavy atom. The van der Waals surface area contributed by atoms with Gasteiger partial charge in [0, 0.05) is 32.0 Å². The van der Waals surface area contributed by atoms with Crippen LogP contribution in [0.2, 0.25) is 0 Å². The standard InChI is InChI=1S/C13H23N3O/c1-13(17,11-14)6-10-16(2)9-5-12-3-7-15-8-4-12/h3-4,7-8,17H,5-6,9-11,14H2,1-2H3. The highest BCUT2D eigenvalue weighted by Gasteiger charge is 2.18. The highest BCUT2D eigenvalue weighted by Crippen LogP contribution is 2.08. The van der Waals surface area contributed by atoms with Crippen molar-refractivity contribution in [2.24, 2.45) is 5.73 Å². The molecule has 0 spiro atoms. The van der Waals surface area contributed by atoms with E-state index in [1.807, 2.05) is 24.5 Å². The maximum Gasteiger partial charge on any atom is 0.0753 e. The average molecular weight is 237 g/mol. The van der Waals surface area contributed by atoms with Gasteiger partial charge in [-0.15, -0.1) is 0 Å². The third-order valence-corrected chi connectivity index (χ3v) is 3.00. The third-order valence-electron chi connectivity index (χ3n) is 3.00. The number of hydrogen-bond donors (Lipinski definition) is 2. The Bertz CT molecular complexity index is 314. The van der Waals surface area contributed by atoms with Crippen LogP contribution < -0.4 is 5.73 Å². The van der Waals surface area contributed by atoms with Gasteiger partial charge in [0.15, 0.2) is 0 Å². The summed E-state index contributed by atoms with van der Waals surface area (Å²) in [6.07, 6.45) is 5.34. The van der Waals surface area contributed by atoms with Crippen LogP contribution >= 0.6 is 0 Å². The Labute approximate surface area is 103 Å². The van der Waals surface area contributed by atoms with Crippen LogP contribution in [0.1, 0.15) is 18.9 Å². The number of likely N-dealkylation sites (N-methyl/N-ethyl adjacent to an activating group) is 1. The minimum atomic E-state index is -0.745. The normalized spacial score (nSPS) is 14.9. The zero-order valence-electron chi connectivity index (χ0n) is 10.8. The SMILES string of the molecule is CN(CCc1ccncc1)CCC(C)(O)CN. The minimum Gasteiger partial charge on any atom is -0.389 e. The average Bonchev–Trinajstić information content (AvgIpc) is 2.35. The van der Waals surface area contributed by atoms with Gasteiger partial charge in [-0.25, -0.2) is 0 Å². The van der Waals surface area contributed by atoms with Crippen molar-refractivity contribution in [2.45, 2.75) is 25.4 Å². The minimum absolute atomic E-state index is 0.311. The van der Waals surface area contributed by atoms with Crippen LogP contribution in [-0.4, -0.2) is 47.3 Å². The number of rotatable bonds is 7. The molecule has 0 aliphatic heterocycles. The number of nitrogens with two attached hydrogens (primary N) is 1. The van der Waals surface area contributed by atoms with Gasteiger partial charge in [0.05, 0.1) is 5.60 Å². The first-order chi connectivity index (χ1) is 8.03. The Morgan fingerprint density at radius 1 is 1.35 bits per heavy atom. The fourth-order valence-corrected chi connectivity index (χ4v) is 1.52. The fourth-order valence-electron chi connectivity index (χ4n) is 1.52. The number of aliphatic hydroxyl groups is 1. The van der Waals surface area contributed by atoms with Crippen LogP contribution in [0.4, 0.5) is 0 Å². The van der Waals surface area contributed by atoms with Gasteiger partial charge in [-0.1, -0.05) is 0 Å². The smallest absolute Gasteiger partial charge is 0.0753 e. The second-order valence-corrected chi connectivity index (χ2v) is 4.86. The molecule has 1 aromatic rings. The van der Waals surface area contributed by atoms with Gasteiger partial charge in [-0.3, -0.25) is 4.98 Å². The highest BCUT2D eigenvalue weighted by molar-refractivity contribution is 5.09. The third kappa shape index (κ3) is 5.77. The molecule has 0 aliphatic rings. The second kappa shape index (κ2) is 6.69. The van der Waals surface area contributed by atoms with Gasteiger partial charge in [0.2, 0.25) is 0 Å². The maximum atomic E-state index is 9.80. The predicted octanol–water partition coefficient (Wildman–Crippen LogP) is 0.656. The summed E-state index contributed by atoms with van der Waals surface area (Å²) >= 11 is 0. The van der Waals surface area contributed by atoms with Crippen LogP contribution in [0.25, 0.3) is 0 Å². The lowest BCUT2D eigenvalue weighted by atomic mass is 10.0. The lowest BCUT2D eigenvalue weighted by Crippen LogP contribution is -2.38. The summed E-state index contributed by atoms with van der Waals surface area (Å²) in [4.78, 5) is 6.20. The van der Waals surface area contributed by atoms with E-state index < -0.39 is 5.60 Å². The number of hydrogen-bond acceptors (Lipinski definition) is 4. The lowest BCUT2D eigenvalue weighted by Gasteiger charge is -2.24. The maximum absolute atomic E-state index is 9.80. The highest BCUT2D eigenvalue weighted by atomic mass is 16.3. The molecule has 1 aromatic heterocycles. The van der Waals surface area contributed by atoms with E-state index in [9.17, 15) is 5.11 Å². The molecule has 1 atom stereocenters. The Morgan fingerprint density at radius 2 is 2.00 bits per heavy atom. The summed E-state index contributed by atoms with van der Waals surface area (Å²) in [5.74, 6) is 0. The van der Waals surface area contributed by atoms with E-state index in [1.165, 1.54) is 5.56 Å². The summed E-state index contributed by atoms with van der Waals surface area (Å²) in [5, 5.41) is 9.80. The van der Waals surface area contributed by atoms with Gasteiger partial charge >= 0.3 is 0 Å². The molecule has 1 rings (SSSR count). The van der Waals surface area contributed by atoms with Gasteiger partial charge in [0.25, 0.3) is 0 Å². The molecule has 0 saturated carbocycles. The molecule has 0 bridgehead atoms. The lowest BCUT2D eigenvalue weighted by molar-refractivity contribution is 0.0506. The van der Waals surface area contributed by atoms with Gasteiger partial charge < -0.3 is 15.7 Å². The number of nitrogens with zero attached hydrogens (tertiary/aromatic N) is 2. The molecule has 0 fully saturated rings. The van der Waals surface area contributed by atoms with Crippen molar-refractivity contribution in [3.8, 4) is 0 Å². The predicted molar refractivity (Wildman–Crippen MR) is 69.7 cm³/mol. The Hall–Kier alpha value is -0.970. The van der Waals surface area contributed by atoms with Crippen LogP contribution in [-0.2, 0) is 6.42 Å². The zero-order chi connectivity index (χ0) is 12.7. The van der Waals surface area contributed by atoms with Crippen molar-refractivity contribution in [2.75, 3.05) is 26.7 Å². The largest absolute Gasteiger partial charge is 0.389 e. The summed E-state index contributed by atoms with van der Waals surface area (Å²) in [6.45, 7) is 3.93. The summed E-state index contributed by atoms with van der Waals surface area (Å²) < 4.78 is 0. The van der Waals surface area contributed by atoms with Crippen molar-refractivity contribution >= 4 is 0 Å². The van der Waals surface area contributed by atoms with Crippen LogP contribution in [0.5, 0.6) is 0 Å². The Balaban J connectivity index is 2.24. The quantitative estimate of drug-likeness (QED) is 0.731. The molecule has 0 saturated heterocycles. The molecule has 17 heavy (non-hydrogen) atoms. The van der Waals surface area contributed by atoms with Gasteiger partial charge in [-0.05, 0) is 44.5 Å². The van der Waals surface area contributed by atoms with E-state index in [-0.39, 0.29) is 0 Å². The van der Waals surface area contributed by atoms with Crippen molar-refractivity contribution in [3.63, 3.8) is 0 Å². The molecule has 4 heteroatoms. The molecule has 0 aromatic carbocycles. The first-order valence-corrected chi connectivity index (χ1v) is 6.03. The Kier molecular flexibility index (Phi) is 5.55. The summed E-state index contributed by atoms with van der Waals surface area (Å²) in [5.41, 5.74) is 6.03. The molecule has 0 radical (unpaired) electrons. The van der Waals surface area contributed by atoms with Crippen molar-refractivity contribution < 1.29 is 5.11 Å². The molecule has 0 amide bonds. The van der Waals surface area contributed by atoms with Crippen LogP contribution in [0.15, 0.2) is 24.5 Å². The summed E-state index contributed by atoms with van der Waals surface area (Å²) in [7, 11) is 2.06. The molecule has 1 heterocycles. The number of pyridine rings is 1. The van der Waals surface area contributed by atoms with Gasteiger partial charge in [0.1, 0.15) is 0 Å². The fraction of sp³-hybridized carbons (Fsp3) is 0.615. The van der Waals surface area contributed by atoms with Crippen molar-refractivity contribution in [3.05, 3.63) is 30.1 Å². The zero-order valence-corrected chi connectivity index (χ0v) is 10.8. The molecule has 0 aliphatic carbocycles. The van der Waals surface area contributed by atoms with E-state index in [4.69, 9.17) is 5.73 Å². The second-order valence-electron chi connectivity index (χ2n) is 4.86. The molecule has 3 N–H and O–H groups in total.